The van der Waals surface area contributed by atoms with Crippen molar-refractivity contribution < 1.29 is 9.84 Å². The van der Waals surface area contributed by atoms with Gasteiger partial charge in [-0.15, -0.1) is 0 Å². The highest BCUT2D eigenvalue weighted by atomic mass is 16.5. The number of rotatable bonds is 10. The second kappa shape index (κ2) is 9.86. The molecule has 0 spiro atoms. The average Bonchev–Trinajstić information content (AvgIpc) is 2.50. The van der Waals surface area contributed by atoms with E-state index in [0.29, 0.717) is 19.2 Å². The van der Waals surface area contributed by atoms with Crippen LogP contribution in [0, 0.1) is 13.8 Å². The van der Waals surface area contributed by atoms with Crippen LogP contribution in [-0.4, -0.2) is 41.8 Å². The number of hydrogen-bond donors (Lipinski definition) is 1. The highest BCUT2D eigenvalue weighted by Crippen LogP contribution is 2.22. The molecule has 1 aromatic rings. The standard InChI is InChI=1S/C19H33NO2/c1-6-8-12-20(17(5)7-2)13-18(21)14-22-19-15(3)10-9-11-16(19)4/h9-11,17-18,21H,6-8,12-14H2,1-5H3/t17-,18-/m0/s1. The van der Waals surface area contributed by atoms with Crippen molar-refractivity contribution >= 4 is 0 Å². The molecule has 2 atom stereocenters. The molecule has 0 saturated heterocycles. The van der Waals surface area contributed by atoms with Gasteiger partial charge in [0.05, 0.1) is 0 Å². The first-order valence-corrected chi connectivity index (χ1v) is 8.60. The number of hydrogen-bond acceptors (Lipinski definition) is 3. The molecule has 0 aliphatic rings. The second-order valence-corrected chi connectivity index (χ2v) is 6.29. The Morgan fingerprint density at radius 3 is 2.36 bits per heavy atom. The fourth-order valence-electron chi connectivity index (χ4n) is 2.64. The number of nitrogens with zero attached hydrogens (tertiary/aromatic N) is 1. The largest absolute Gasteiger partial charge is 0.490 e. The molecule has 22 heavy (non-hydrogen) atoms. The van der Waals surface area contributed by atoms with Crippen molar-refractivity contribution in [3.05, 3.63) is 29.3 Å². The topological polar surface area (TPSA) is 32.7 Å². The Hall–Kier alpha value is -1.06. The number of benzene rings is 1. The van der Waals surface area contributed by atoms with Crippen molar-refractivity contribution in [2.75, 3.05) is 19.7 Å². The summed E-state index contributed by atoms with van der Waals surface area (Å²) in [5.41, 5.74) is 2.24. The lowest BCUT2D eigenvalue weighted by Gasteiger charge is -2.30. The summed E-state index contributed by atoms with van der Waals surface area (Å²) in [6, 6.07) is 6.62. The molecule has 0 fully saturated rings. The van der Waals surface area contributed by atoms with E-state index in [9.17, 15) is 5.11 Å². The van der Waals surface area contributed by atoms with Crippen molar-refractivity contribution in [3.63, 3.8) is 0 Å². The first kappa shape index (κ1) is 19.0. The van der Waals surface area contributed by atoms with Crippen LogP contribution in [0.3, 0.4) is 0 Å². The van der Waals surface area contributed by atoms with E-state index in [1.54, 1.807) is 0 Å². The minimum Gasteiger partial charge on any atom is -0.490 e. The molecular formula is C19H33NO2. The average molecular weight is 307 g/mol. The van der Waals surface area contributed by atoms with Gasteiger partial charge in [0.15, 0.2) is 0 Å². The van der Waals surface area contributed by atoms with Gasteiger partial charge in [-0.05, 0) is 51.3 Å². The molecule has 126 valence electrons. The van der Waals surface area contributed by atoms with Crippen LogP contribution in [0.4, 0.5) is 0 Å². The van der Waals surface area contributed by atoms with E-state index in [2.05, 4.69) is 25.7 Å². The zero-order valence-corrected chi connectivity index (χ0v) is 14.9. The van der Waals surface area contributed by atoms with Gasteiger partial charge in [0.25, 0.3) is 0 Å². The lowest BCUT2D eigenvalue weighted by atomic mass is 10.1. The Kier molecular flexibility index (Phi) is 8.51. The maximum Gasteiger partial charge on any atom is 0.125 e. The normalized spacial score (nSPS) is 14.1. The third-order valence-corrected chi connectivity index (χ3v) is 4.29. The summed E-state index contributed by atoms with van der Waals surface area (Å²) in [6.07, 6.45) is 3.01. The molecule has 0 aliphatic heterocycles. The van der Waals surface area contributed by atoms with Crippen LogP contribution < -0.4 is 4.74 Å². The molecule has 0 aromatic heterocycles. The van der Waals surface area contributed by atoms with Crippen LogP contribution >= 0.6 is 0 Å². The molecule has 0 saturated carbocycles. The molecular weight excluding hydrogens is 274 g/mol. The monoisotopic (exact) mass is 307 g/mol. The number of ether oxygens (including phenoxy) is 1. The van der Waals surface area contributed by atoms with Gasteiger partial charge in [-0.1, -0.05) is 38.5 Å². The first-order valence-electron chi connectivity index (χ1n) is 8.60. The number of aryl methyl sites for hydroxylation is 2. The molecule has 1 N–H and O–H groups in total. The van der Waals surface area contributed by atoms with Crippen molar-refractivity contribution in [3.8, 4) is 5.75 Å². The van der Waals surface area contributed by atoms with E-state index in [1.807, 2.05) is 32.0 Å². The molecule has 1 rings (SSSR count). The molecule has 3 heteroatoms. The number of unbranched alkanes of at least 4 members (excludes halogenated alkanes) is 1. The highest BCUT2D eigenvalue weighted by Gasteiger charge is 2.17. The molecule has 0 amide bonds. The van der Waals surface area contributed by atoms with Gasteiger partial charge in [-0.2, -0.15) is 0 Å². The van der Waals surface area contributed by atoms with Gasteiger partial charge in [0.1, 0.15) is 18.5 Å². The van der Waals surface area contributed by atoms with Crippen molar-refractivity contribution in [2.45, 2.75) is 66.0 Å². The third-order valence-electron chi connectivity index (χ3n) is 4.29. The van der Waals surface area contributed by atoms with E-state index >= 15 is 0 Å². The van der Waals surface area contributed by atoms with Crippen LogP contribution in [0.15, 0.2) is 18.2 Å². The molecule has 0 heterocycles. The highest BCUT2D eigenvalue weighted by molar-refractivity contribution is 5.39. The van der Waals surface area contributed by atoms with Gasteiger partial charge >= 0.3 is 0 Å². The zero-order chi connectivity index (χ0) is 16.5. The number of aliphatic hydroxyl groups is 1. The van der Waals surface area contributed by atoms with E-state index in [-0.39, 0.29) is 0 Å². The smallest absolute Gasteiger partial charge is 0.125 e. The summed E-state index contributed by atoms with van der Waals surface area (Å²) in [6.45, 7) is 12.8. The SMILES string of the molecule is CCCCN(C[C@H](O)COc1c(C)cccc1C)[C@@H](C)CC. The van der Waals surface area contributed by atoms with Crippen LogP contribution in [-0.2, 0) is 0 Å². The van der Waals surface area contributed by atoms with Crippen LogP contribution in [0.25, 0.3) is 0 Å². The molecule has 0 aliphatic carbocycles. The van der Waals surface area contributed by atoms with Crippen LogP contribution in [0.1, 0.15) is 51.2 Å². The summed E-state index contributed by atoms with van der Waals surface area (Å²) in [4.78, 5) is 2.38. The zero-order valence-electron chi connectivity index (χ0n) is 14.9. The van der Waals surface area contributed by atoms with Crippen molar-refractivity contribution in [1.29, 1.82) is 0 Å². The number of aliphatic hydroxyl groups excluding tert-OH is 1. The molecule has 0 radical (unpaired) electrons. The first-order chi connectivity index (χ1) is 10.5. The number of para-hydroxylation sites is 1. The van der Waals surface area contributed by atoms with Gasteiger partial charge in [-0.3, -0.25) is 4.90 Å². The lowest BCUT2D eigenvalue weighted by molar-refractivity contribution is 0.0530. The Morgan fingerprint density at radius 1 is 1.18 bits per heavy atom. The molecule has 0 bridgehead atoms. The predicted octanol–water partition coefficient (Wildman–Crippen LogP) is 3.94. The summed E-state index contributed by atoms with van der Waals surface area (Å²) < 4.78 is 5.87. The van der Waals surface area contributed by atoms with E-state index in [1.165, 1.54) is 12.8 Å². The Bertz CT molecular complexity index is 413. The van der Waals surface area contributed by atoms with Crippen LogP contribution in [0.2, 0.25) is 0 Å². The molecule has 3 nitrogen and oxygen atoms in total. The molecule has 1 aromatic carbocycles. The van der Waals surface area contributed by atoms with E-state index < -0.39 is 6.10 Å². The Labute approximate surface area is 136 Å². The van der Waals surface area contributed by atoms with Gasteiger partial charge < -0.3 is 9.84 Å². The Balaban J connectivity index is 2.54. The second-order valence-electron chi connectivity index (χ2n) is 6.29. The van der Waals surface area contributed by atoms with Gasteiger partial charge in [0, 0.05) is 12.6 Å². The minimum absolute atomic E-state index is 0.352. The summed E-state index contributed by atoms with van der Waals surface area (Å²) >= 11 is 0. The van der Waals surface area contributed by atoms with Gasteiger partial charge in [0.2, 0.25) is 0 Å². The van der Waals surface area contributed by atoms with Crippen molar-refractivity contribution in [2.24, 2.45) is 0 Å². The quantitative estimate of drug-likeness (QED) is 0.710. The maximum absolute atomic E-state index is 10.3. The van der Waals surface area contributed by atoms with E-state index in [0.717, 1.165) is 29.8 Å². The Morgan fingerprint density at radius 2 is 1.82 bits per heavy atom. The molecule has 0 unspecified atom stereocenters. The van der Waals surface area contributed by atoms with Gasteiger partial charge in [-0.25, -0.2) is 0 Å². The fourth-order valence-corrected chi connectivity index (χ4v) is 2.64. The fraction of sp³-hybridized carbons (Fsp3) is 0.684. The maximum atomic E-state index is 10.3. The third kappa shape index (κ3) is 5.98. The summed E-state index contributed by atoms with van der Waals surface area (Å²) in [5.74, 6) is 0.908. The summed E-state index contributed by atoms with van der Waals surface area (Å²) in [7, 11) is 0. The lowest BCUT2D eigenvalue weighted by Crippen LogP contribution is -2.41. The van der Waals surface area contributed by atoms with Crippen molar-refractivity contribution in [1.82, 2.24) is 4.90 Å². The van der Waals surface area contributed by atoms with E-state index in [4.69, 9.17) is 4.74 Å². The van der Waals surface area contributed by atoms with Crippen LogP contribution in [0.5, 0.6) is 5.75 Å². The summed E-state index contributed by atoms with van der Waals surface area (Å²) in [5, 5.41) is 10.3. The minimum atomic E-state index is -0.454. The predicted molar refractivity (Wildman–Crippen MR) is 93.7 cm³/mol.